The van der Waals surface area contributed by atoms with E-state index >= 15 is 0 Å². The Morgan fingerprint density at radius 1 is 1.29 bits per heavy atom. The van der Waals surface area contributed by atoms with Gasteiger partial charge in [-0.3, -0.25) is 0 Å². The van der Waals surface area contributed by atoms with E-state index in [2.05, 4.69) is 17.6 Å². The average Bonchev–Trinajstić information content (AvgIpc) is 2.46. The summed E-state index contributed by atoms with van der Waals surface area (Å²) in [7, 11) is 0. The van der Waals surface area contributed by atoms with E-state index in [1.165, 1.54) is 6.08 Å². The van der Waals surface area contributed by atoms with Gasteiger partial charge in [0.05, 0.1) is 0 Å². The number of carboxylic acid groups (broad SMARTS) is 1. The summed E-state index contributed by atoms with van der Waals surface area (Å²) in [5.74, 6) is -0.981. The second-order valence-electron chi connectivity index (χ2n) is 4.68. The summed E-state index contributed by atoms with van der Waals surface area (Å²) in [5, 5.41) is 14.2. The van der Waals surface area contributed by atoms with Crippen LogP contribution >= 0.6 is 0 Å². The predicted molar refractivity (Wildman–Crippen MR) is 84.4 cm³/mol. The standard InChI is InChI=1S/C16H22N2O3/c1-3-5-10-17-16(21)18-14-8-6-12(7-9-15(19)20)11-13(14)4-2/h6-9,11H,3-5,10H2,1-2H3,(H,19,20)(H2,17,18,21)/b9-7+. The summed E-state index contributed by atoms with van der Waals surface area (Å²) in [6.07, 6.45) is 5.36. The first-order valence-electron chi connectivity index (χ1n) is 7.15. The molecule has 0 spiro atoms. The van der Waals surface area contributed by atoms with Gasteiger partial charge in [-0.2, -0.15) is 0 Å². The zero-order valence-corrected chi connectivity index (χ0v) is 12.5. The molecule has 0 aliphatic carbocycles. The largest absolute Gasteiger partial charge is 0.478 e. The minimum Gasteiger partial charge on any atom is -0.478 e. The van der Waals surface area contributed by atoms with Crippen LogP contribution in [0, 0.1) is 0 Å². The van der Waals surface area contributed by atoms with Gasteiger partial charge in [0.15, 0.2) is 0 Å². The van der Waals surface area contributed by atoms with E-state index in [1.807, 2.05) is 13.0 Å². The summed E-state index contributed by atoms with van der Waals surface area (Å²) in [5.41, 5.74) is 2.51. The first kappa shape index (κ1) is 16.8. The van der Waals surface area contributed by atoms with Gasteiger partial charge in [-0.1, -0.05) is 26.3 Å². The van der Waals surface area contributed by atoms with Crippen LogP contribution < -0.4 is 10.6 Å². The van der Waals surface area contributed by atoms with Gasteiger partial charge < -0.3 is 15.7 Å². The second kappa shape index (κ2) is 8.79. The number of benzene rings is 1. The van der Waals surface area contributed by atoms with Crippen LogP contribution in [0.5, 0.6) is 0 Å². The summed E-state index contributed by atoms with van der Waals surface area (Å²) < 4.78 is 0. The maximum absolute atomic E-state index is 11.7. The fourth-order valence-corrected chi connectivity index (χ4v) is 1.84. The number of rotatable bonds is 7. The molecule has 0 bridgehead atoms. The molecular formula is C16H22N2O3. The molecule has 1 aromatic carbocycles. The van der Waals surface area contributed by atoms with Crippen molar-refractivity contribution in [2.24, 2.45) is 0 Å². The van der Waals surface area contributed by atoms with Crippen LogP contribution in [0.25, 0.3) is 6.08 Å². The molecule has 1 rings (SSSR count). The van der Waals surface area contributed by atoms with Crippen LogP contribution in [-0.2, 0) is 11.2 Å². The Morgan fingerprint density at radius 2 is 2.05 bits per heavy atom. The van der Waals surface area contributed by atoms with Gasteiger partial charge in [0.2, 0.25) is 0 Å². The first-order valence-corrected chi connectivity index (χ1v) is 7.15. The monoisotopic (exact) mass is 290 g/mol. The van der Waals surface area contributed by atoms with Crippen LogP contribution in [0.15, 0.2) is 24.3 Å². The molecule has 0 saturated carbocycles. The van der Waals surface area contributed by atoms with Gasteiger partial charge >= 0.3 is 12.0 Å². The highest BCUT2D eigenvalue weighted by molar-refractivity contribution is 5.90. The van der Waals surface area contributed by atoms with E-state index in [9.17, 15) is 9.59 Å². The third-order valence-electron chi connectivity index (χ3n) is 2.99. The molecular weight excluding hydrogens is 268 g/mol. The number of carboxylic acids is 1. The van der Waals surface area contributed by atoms with Crippen molar-refractivity contribution < 1.29 is 14.7 Å². The molecule has 3 N–H and O–H groups in total. The Labute approximate surface area is 125 Å². The van der Waals surface area contributed by atoms with Crippen molar-refractivity contribution in [2.45, 2.75) is 33.1 Å². The van der Waals surface area contributed by atoms with Crippen LogP contribution in [0.1, 0.15) is 37.8 Å². The maximum Gasteiger partial charge on any atom is 0.328 e. The third-order valence-corrected chi connectivity index (χ3v) is 2.99. The molecule has 0 unspecified atom stereocenters. The van der Waals surface area contributed by atoms with Crippen molar-refractivity contribution in [1.29, 1.82) is 0 Å². The zero-order valence-electron chi connectivity index (χ0n) is 12.5. The number of aliphatic carboxylic acids is 1. The second-order valence-corrected chi connectivity index (χ2v) is 4.68. The zero-order chi connectivity index (χ0) is 15.7. The van der Waals surface area contributed by atoms with E-state index in [0.717, 1.165) is 42.2 Å². The van der Waals surface area contributed by atoms with Gasteiger partial charge in [0.1, 0.15) is 0 Å². The summed E-state index contributed by atoms with van der Waals surface area (Å²) in [4.78, 5) is 22.3. The summed E-state index contributed by atoms with van der Waals surface area (Å²) in [6, 6.07) is 5.23. The molecule has 0 aromatic heterocycles. The van der Waals surface area contributed by atoms with Gasteiger partial charge in [-0.25, -0.2) is 9.59 Å². The molecule has 0 radical (unpaired) electrons. The quantitative estimate of drug-likeness (QED) is 0.532. The number of amides is 2. The number of carbonyl (C=O) groups excluding carboxylic acids is 1. The summed E-state index contributed by atoms with van der Waals surface area (Å²) in [6.45, 7) is 4.71. The minimum atomic E-state index is -0.981. The first-order chi connectivity index (χ1) is 10.1. The van der Waals surface area contributed by atoms with Crippen LogP contribution in [0.4, 0.5) is 10.5 Å². The normalized spacial score (nSPS) is 10.6. The van der Waals surface area contributed by atoms with Gasteiger partial charge in [0, 0.05) is 18.3 Å². The lowest BCUT2D eigenvalue weighted by Gasteiger charge is -2.11. The highest BCUT2D eigenvalue weighted by Crippen LogP contribution is 2.19. The van der Waals surface area contributed by atoms with E-state index in [-0.39, 0.29) is 6.03 Å². The van der Waals surface area contributed by atoms with Crippen LogP contribution in [0.3, 0.4) is 0 Å². The highest BCUT2D eigenvalue weighted by Gasteiger charge is 2.05. The SMILES string of the molecule is CCCCNC(=O)Nc1ccc(/C=C/C(=O)O)cc1CC. The predicted octanol–water partition coefficient (Wildman–Crippen LogP) is 3.27. The number of aryl methyl sites for hydroxylation is 1. The van der Waals surface area contributed by atoms with E-state index in [0.29, 0.717) is 6.54 Å². The van der Waals surface area contributed by atoms with Crippen molar-refractivity contribution in [2.75, 3.05) is 11.9 Å². The number of carbonyl (C=O) groups is 2. The van der Waals surface area contributed by atoms with Gasteiger partial charge in [0.25, 0.3) is 0 Å². The fourth-order valence-electron chi connectivity index (χ4n) is 1.84. The summed E-state index contributed by atoms with van der Waals surface area (Å²) >= 11 is 0. The Kier molecular flexibility index (Phi) is 7.01. The fraction of sp³-hybridized carbons (Fsp3) is 0.375. The molecule has 5 heteroatoms. The molecule has 5 nitrogen and oxygen atoms in total. The number of anilines is 1. The van der Waals surface area contributed by atoms with Crippen molar-refractivity contribution in [3.8, 4) is 0 Å². The number of nitrogens with one attached hydrogen (secondary N) is 2. The maximum atomic E-state index is 11.7. The lowest BCUT2D eigenvalue weighted by Crippen LogP contribution is -2.29. The highest BCUT2D eigenvalue weighted by atomic mass is 16.4. The molecule has 0 fully saturated rings. The van der Waals surface area contributed by atoms with Crippen LogP contribution in [0.2, 0.25) is 0 Å². The minimum absolute atomic E-state index is 0.216. The van der Waals surface area contributed by atoms with Crippen molar-refractivity contribution in [3.05, 3.63) is 35.4 Å². The molecule has 114 valence electrons. The Balaban J connectivity index is 2.74. The molecule has 0 atom stereocenters. The lowest BCUT2D eigenvalue weighted by molar-refractivity contribution is -0.131. The molecule has 1 aromatic rings. The Bertz CT molecular complexity index is 524. The van der Waals surface area contributed by atoms with Gasteiger partial charge in [-0.05, 0) is 42.2 Å². The van der Waals surface area contributed by atoms with Crippen molar-refractivity contribution in [3.63, 3.8) is 0 Å². The Morgan fingerprint density at radius 3 is 2.67 bits per heavy atom. The topological polar surface area (TPSA) is 78.4 Å². The van der Waals surface area contributed by atoms with E-state index in [4.69, 9.17) is 5.11 Å². The molecule has 0 aliphatic rings. The van der Waals surface area contributed by atoms with E-state index in [1.54, 1.807) is 12.1 Å². The number of hydrogen-bond donors (Lipinski definition) is 3. The molecule has 0 heterocycles. The van der Waals surface area contributed by atoms with Crippen molar-refractivity contribution >= 4 is 23.8 Å². The number of urea groups is 1. The lowest BCUT2D eigenvalue weighted by atomic mass is 10.1. The molecule has 2 amide bonds. The Hall–Kier alpha value is -2.30. The van der Waals surface area contributed by atoms with E-state index < -0.39 is 5.97 Å². The molecule has 21 heavy (non-hydrogen) atoms. The smallest absolute Gasteiger partial charge is 0.328 e. The third kappa shape index (κ3) is 6.12. The van der Waals surface area contributed by atoms with Gasteiger partial charge in [-0.15, -0.1) is 0 Å². The molecule has 0 aliphatic heterocycles. The molecule has 0 saturated heterocycles. The van der Waals surface area contributed by atoms with Crippen molar-refractivity contribution in [1.82, 2.24) is 5.32 Å². The number of hydrogen-bond acceptors (Lipinski definition) is 2. The van der Waals surface area contributed by atoms with Crippen LogP contribution in [-0.4, -0.2) is 23.7 Å². The average molecular weight is 290 g/mol. The number of unbranched alkanes of at least 4 members (excludes halogenated alkanes) is 1.